The molecule has 0 aromatic heterocycles. The van der Waals surface area contributed by atoms with Crippen molar-refractivity contribution < 1.29 is 28.6 Å². The van der Waals surface area contributed by atoms with Gasteiger partial charge in [-0.25, -0.2) is 0 Å². The zero-order valence-electron chi connectivity index (χ0n) is 12.3. The molecule has 0 amide bonds. The van der Waals surface area contributed by atoms with E-state index in [0.717, 1.165) is 19.3 Å². The third-order valence-corrected chi connectivity index (χ3v) is 5.51. The summed E-state index contributed by atoms with van der Waals surface area (Å²) in [5.74, 6) is -1.37. The molecule has 2 aliphatic carbocycles. The first-order valence-electron chi connectivity index (χ1n) is 7.41. The van der Waals surface area contributed by atoms with Crippen LogP contribution in [-0.4, -0.2) is 38.2 Å². The van der Waals surface area contributed by atoms with Gasteiger partial charge in [0.15, 0.2) is 5.41 Å². The van der Waals surface area contributed by atoms with Gasteiger partial charge in [0.05, 0.1) is 20.6 Å². The molecule has 1 unspecified atom stereocenters. The molecule has 2 saturated carbocycles. The van der Waals surface area contributed by atoms with E-state index in [0.29, 0.717) is 12.8 Å². The van der Waals surface area contributed by atoms with E-state index in [4.69, 9.17) is 14.2 Å². The summed E-state index contributed by atoms with van der Waals surface area (Å²) in [5.41, 5.74) is -1.32. The molecule has 6 heteroatoms. The fraction of sp³-hybridized carbons (Fsp3) is 0.800. The maximum absolute atomic E-state index is 12.4. The van der Waals surface area contributed by atoms with E-state index in [-0.39, 0.29) is 29.8 Å². The number of rotatable bonds is 2. The van der Waals surface area contributed by atoms with Gasteiger partial charge in [-0.1, -0.05) is 0 Å². The lowest BCUT2D eigenvalue weighted by molar-refractivity contribution is -0.181. The highest BCUT2D eigenvalue weighted by Gasteiger charge is 2.66. The Morgan fingerprint density at radius 2 is 1.71 bits per heavy atom. The van der Waals surface area contributed by atoms with Gasteiger partial charge in [0.1, 0.15) is 6.10 Å². The minimum absolute atomic E-state index is 0.102. The molecule has 116 valence electrons. The van der Waals surface area contributed by atoms with Crippen molar-refractivity contribution in [3.05, 3.63) is 0 Å². The Hall–Kier alpha value is -1.59. The van der Waals surface area contributed by atoms with Crippen LogP contribution in [0.25, 0.3) is 0 Å². The van der Waals surface area contributed by atoms with Crippen molar-refractivity contribution in [1.29, 1.82) is 0 Å². The number of ether oxygens (including phenoxy) is 3. The maximum Gasteiger partial charge on any atom is 0.323 e. The molecule has 6 nitrogen and oxygen atoms in total. The number of carbonyl (C=O) groups is 3. The molecule has 0 aromatic rings. The molecular formula is C15H20O6. The van der Waals surface area contributed by atoms with E-state index in [2.05, 4.69) is 0 Å². The number of carbonyl (C=O) groups excluding carboxylic acids is 3. The van der Waals surface area contributed by atoms with E-state index < -0.39 is 17.4 Å². The van der Waals surface area contributed by atoms with Gasteiger partial charge in [-0.3, -0.25) is 14.4 Å². The second-order valence-corrected chi connectivity index (χ2v) is 6.28. The van der Waals surface area contributed by atoms with E-state index >= 15 is 0 Å². The fourth-order valence-electron chi connectivity index (χ4n) is 4.65. The first-order chi connectivity index (χ1) is 10.0. The van der Waals surface area contributed by atoms with Crippen molar-refractivity contribution in [1.82, 2.24) is 0 Å². The molecule has 3 aliphatic rings. The van der Waals surface area contributed by atoms with E-state index in [1.54, 1.807) is 0 Å². The molecule has 0 bridgehead atoms. The number of esters is 3. The monoisotopic (exact) mass is 296 g/mol. The normalized spacial score (nSPS) is 36.4. The molecule has 0 N–H and O–H groups in total. The maximum atomic E-state index is 12.4. The van der Waals surface area contributed by atoms with Crippen LogP contribution in [0.5, 0.6) is 0 Å². The topological polar surface area (TPSA) is 78.9 Å². The zero-order valence-corrected chi connectivity index (χ0v) is 12.3. The molecule has 4 atom stereocenters. The summed E-state index contributed by atoms with van der Waals surface area (Å²) >= 11 is 0. The first kappa shape index (κ1) is 14.4. The van der Waals surface area contributed by atoms with Crippen LogP contribution in [0.3, 0.4) is 0 Å². The number of hydrogen-bond donors (Lipinski definition) is 0. The molecule has 21 heavy (non-hydrogen) atoms. The van der Waals surface area contributed by atoms with Crippen molar-refractivity contribution in [3.8, 4) is 0 Å². The minimum atomic E-state index is -1.32. The molecule has 1 aliphatic heterocycles. The van der Waals surface area contributed by atoms with Gasteiger partial charge in [0, 0.05) is 11.8 Å². The molecule has 1 heterocycles. The molecule has 3 rings (SSSR count). The quantitative estimate of drug-likeness (QED) is 0.431. The van der Waals surface area contributed by atoms with Gasteiger partial charge in [-0.05, 0) is 31.6 Å². The Balaban J connectivity index is 2.02. The number of fused-ring (bicyclic) bond motifs is 3. The Bertz CT molecular complexity index is 469. The Morgan fingerprint density at radius 3 is 2.33 bits per heavy atom. The summed E-state index contributed by atoms with van der Waals surface area (Å²) in [4.78, 5) is 36.4. The van der Waals surface area contributed by atoms with Crippen LogP contribution in [0.2, 0.25) is 0 Å². The van der Waals surface area contributed by atoms with Crippen LogP contribution in [-0.2, 0) is 28.6 Å². The Morgan fingerprint density at radius 1 is 1.10 bits per heavy atom. The van der Waals surface area contributed by atoms with Crippen molar-refractivity contribution >= 4 is 17.9 Å². The van der Waals surface area contributed by atoms with Crippen molar-refractivity contribution in [2.24, 2.45) is 23.2 Å². The standard InChI is InChI=1S/C15H20O6/c1-19-13(17)15(14(18)20-2)6-5-8-3-4-9-7-10(16)21-12(9)11(8)15/h8-9,11-12H,3-7H2,1-2H3/t8-,9+,11+,12?/m1/s1. The average Bonchev–Trinajstić information content (AvgIpc) is 3.05. The predicted molar refractivity (Wildman–Crippen MR) is 69.9 cm³/mol. The van der Waals surface area contributed by atoms with Crippen LogP contribution in [0.4, 0.5) is 0 Å². The second kappa shape index (κ2) is 5.00. The molecular weight excluding hydrogens is 276 g/mol. The van der Waals surface area contributed by atoms with Gasteiger partial charge >= 0.3 is 17.9 Å². The summed E-state index contributed by atoms with van der Waals surface area (Å²) < 4.78 is 15.3. The van der Waals surface area contributed by atoms with E-state index in [9.17, 15) is 14.4 Å². The zero-order chi connectivity index (χ0) is 15.2. The van der Waals surface area contributed by atoms with Gasteiger partial charge < -0.3 is 14.2 Å². The molecule has 0 spiro atoms. The highest BCUT2D eigenvalue weighted by atomic mass is 16.6. The van der Waals surface area contributed by atoms with Gasteiger partial charge in [0.25, 0.3) is 0 Å². The Kier molecular flexibility index (Phi) is 3.42. The third kappa shape index (κ3) is 1.88. The van der Waals surface area contributed by atoms with E-state index in [1.165, 1.54) is 14.2 Å². The largest absolute Gasteiger partial charge is 0.468 e. The smallest absolute Gasteiger partial charge is 0.323 e. The van der Waals surface area contributed by atoms with Crippen molar-refractivity contribution in [2.75, 3.05) is 14.2 Å². The van der Waals surface area contributed by atoms with Gasteiger partial charge in [-0.2, -0.15) is 0 Å². The van der Waals surface area contributed by atoms with Crippen LogP contribution < -0.4 is 0 Å². The lowest BCUT2D eigenvalue weighted by Crippen LogP contribution is -2.52. The molecule has 3 fully saturated rings. The lowest BCUT2D eigenvalue weighted by atomic mass is 9.64. The molecule has 1 saturated heterocycles. The Labute approximate surface area is 123 Å². The fourth-order valence-corrected chi connectivity index (χ4v) is 4.65. The molecule has 0 radical (unpaired) electrons. The second-order valence-electron chi connectivity index (χ2n) is 6.28. The third-order valence-electron chi connectivity index (χ3n) is 5.51. The number of methoxy groups -OCH3 is 2. The van der Waals surface area contributed by atoms with Crippen molar-refractivity contribution in [3.63, 3.8) is 0 Å². The highest BCUT2D eigenvalue weighted by Crippen LogP contribution is 2.58. The highest BCUT2D eigenvalue weighted by molar-refractivity contribution is 6.01. The van der Waals surface area contributed by atoms with Crippen LogP contribution in [0, 0.1) is 23.2 Å². The van der Waals surface area contributed by atoms with Gasteiger partial charge in [-0.15, -0.1) is 0 Å². The average molecular weight is 296 g/mol. The first-order valence-corrected chi connectivity index (χ1v) is 7.41. The van der Waals surface area contributed by atoms with Crippen LogP contribution >= 0.6 is 0 Å². The summed E-state index contributed by atoms with van der Waals surface area (Å²) in [5, 5.41) is 0. The van der Waals surface area contributed by atoms with Crippen molar-refractivity contribution in [2.45, 2.75) is 38.2 Å². The van der Waals surface area contributed by atoms with Crippen LogP contribution in [0.1, 0.15) is 32.1 Å². The predicted octanol–water partition coefficient (Wildman–Crippen LogP) is 1.07. The van der Waals surface area contributed by atoms with Crippen LogP contribution in [0.15, 0.2) is 0 Å². The van der Waals surface area contributed by atoms with E-state index in [1.807, 2.05) is 0 Å². The van der Waals surface area contributed by atoms with Gasteiger partial charge in [0.2, 0.25) is 0 Å². The number of hydrogen-bond acceptors (Lipinski definition) is 6. The molecule has 0 aromatic carbocycles. The lowest BCUT2D eigenvalue weighted by Gasteiger charge is -2.40. The summed E-state index contributed by atoms with van der Waals surface area (Å²) in [6.07, 6.45) is 3.01. The summed E-state index contributed by atoms with van der Waals surface area (Å²) in [7, 11) is 2.56. The summed E-state index contributed by atoms with van der Waals surface area (Å²) in [6.45, 7) is 0. The SMILES string of the molecule is COC(=O)C1(C(=O)OC)CC[C@H]2CC[C@H]3CC(=O)OC3[C@H]21. The minimum Gasteiger partial charge on any atom is -0.468 e. The summed E-state index contributed by atoms with van der Waals surface area (Å²) in [6, 6.07) is 0.